The van der Waals surface area contributed by atoms with E-state index in [0.29, 0.717) is 18.0 Å². The molecule has 0 fully saturated rings. The summed E-state index contributed by atoms with van der Waals surface area (Å²) < 4.78 is 37.8. The van der Waals surface area contributed by atoms with Crippen molar-refractivity contribution in [3.63, 3.8) is 0 Å². The fraction of sp³-hybridized carbons (Fsp3) is 0.250. The van der Waals surface area contributed by atoms with Crippen LogP contribution >= 0.6 is 11.8 Å². The third-order valence-corrected chi connectivity index (χ3v) is 6.25. The smallest absolute Gasteiger partial charge is 0.326 e. The molecule has 0 saturated heterocycles. The second-order valence-corrected chi connectivity index (χ2v) is 8.33. The number of esters is 1. The largest absolute Gasteiger partial charge is 0.490 e. The van der Waals surface area contributed by atoms with Crippen LogP contribution < -0.4 is 9.04 Å². The van der Waals surface area contributed by atoms with Gasteiger partial charge in [0.2, 0.25) is 0 Å². The maximum atomic E-state index is 13.2. The average Bonchev–Trinajstić information content (AvgIpc) is 2.71. The van der Waals surface area contributed by atoms with Gasteiger partial charge in [-0.3, -0.25) is 9.10 Å². The lowest BCUT2D eigenvalue weighted by molar-refractivity contribution is -0.141. The Balaban J connectivity index is 2.39. The first-order valence-corrected chi connectivity index (χ1v) is 11.2. The number of benzene rings is 2. The lowest BCUT2D eigenvalue weighted by atomic mass is 10.3. The molecule has 0 aliphatic rings. The molecule has 0 spiro atoms. The van der Waals surface area contributed by atoms with Crippen LogP contribution in [0.2, 0.25) is 0 Å². The predicted molar refractivity (Wildman–Crippen MR) is 112 cm³/mol. The van der Waals surface area contributed by atoms with E-state index in [2.05, 4.69) is 6.58 Å². The van der Waals surface area contributed by atoms with Crippen LogP contribution in [0.25, 0.3) is 0 Å². The van der Waals surface area contributed by atoms with Crippen molar-refractivity contribution < 1.29 is 22.7 Å². The number of hydrogen-bond donors (Lipinski definition) is 0. The first-order valence-electron chi connectivity index (χ1n) is 8.58. The van der Waals surface area contributed by atoms with Gasteiger partial charge in [-0.15, -0.1) is 11.8 Å². The number of anilines is 1. The molecule has 0 aromatic heterocycles. The van der Waals surface area contributed by atoms with Crippen LogP contribution in [0.3, 0.4) is 0 Å². The first kappa shape index (κ1) is 21.8. The van der Waals surface area contributed by atoms with Crippen molar-refractivity contribution >= 4 is 33.4 Å². The zero-order valence-corrected chi connectivity index (χ0v) is 17.5. The summed E-state index contributed by atoms with van der Waals surface area (Å²) in [5.74, 6) is -0.0553. The molecule has 28 heavy (non-hydrogen) atoms. The molecule has 0 saturated carbocycles. The van der Waals surface area contributed by atoms with E-state index in [0.717, 1.165) is 9.20 Å². The summed E-state index contributed by atoms with van der Waals surface area (Å²) in [4.78, 5) is 13.1. The van der Waals surface area contributed by atoms with Crippen LogP contribution in [-0.4, -0.2) is 40.4 Å². The second kappa shape index (κ2) is 10.2. The summed E-state index contributed by atoms with van der Waals surface area (Å²) >= 11 is 1.51. The Bertz CT molecular complexity index is 893. The number of sulfonamides is 1. The lowest BCUT2D eigenvalue weighted by Gasteiger charge is -2.24. The Morgan fingerprint density at radius 2 is 1.79 bits per heavy atom. The summed E-state index contributed by atoms with van der Waals surface area (Å²) in [7, 11) is -3.96. The van der Waals surface area contributed by atoms with Gasteiger partial charge in [0.15, 0.2) is 0 Å². The molecular weight excluding hydrogens is 398 g/mol. The molecule has 0 unspecified atom stereocenters. The molecule has 0 radical (unpaired) electrons. The molecule has 0 bridgehead atoms. The van der Waals surface area contributed by atoms with Crippen LogP contribution in [0.5, 0.6) is 5.75 Å². The van der Waals surface area contributed by atoms with Gasteiger partial charge in [-0.25, -0.2) is 8.42 Å². The summed E-state index contributed by atoms with van der Waals surface area (Å²) in [5.41, 5.74) is 0.341. The fourth-order valence-electron chi connectivity index (χ4n) is 2.38. The van der Waals surface area contributed by atoms with Gasteiger partial charge in [0.05, 0.1) is 17.2 Å². The SMILES string of the molecule is C=CCOc1ccc(N(CC(=O)OCC)S(=O)(=O)c2ccc(SC)cc2)cc1. The minimum Gasteiger partial charge on any atom is -0.490 e. The van der Waals surface area contributed by atoms with E-state index >= 15 is 0 Å². The quantitative estimate of drug-likeness (QED) is 0.331. The molecule has 0 amide bonds. The highest BCUT2D eigenvalue weighted by molar-refractivity contribution is 7.98. The molecule has 0 aliphatic carbocycles. The number of carbonyl (C=O) groups excluding carboxylic acids is 1. The zero-order valence-electron chi connectivity index (χ0n) is 15.8. The molecular formula is C20H23NO5S2. The van der Waals surface area contributed by atoms with E-state index in [-0.39, 0.29) is 11.5 Å². The highest BCUT2D eigenvalue weighted by Crippen LogP contribution is 2.27. The molecule has 2 aromatic rings. The van der Waals surface area contributed by atoms with Gasteiger partial charge < -0.3 is 9.47 Å². The predicted octanol–water partition coefficient (Wildman–Crippen LogP) is 3.73. The van der Waals surface area contributed by atoms with Gasteiger partial charge in [0, 0.05) is 4.90 Å². The minimum absolute atomic E-state index is 0.0987. The Morgan fingerprint density at radius 3 is 2.32 bits per heavy atom. The third kappa shape index (κ3) is 5.53. The van der Waals surface area contributed by atoms with E-state index in [4.69, 9.17) is 9.47 Å². The number of hydrogen-bond acceptors (Lipinski definition) is 6. The van der Waals surface area contributed by atoms with E-state index in [1.165, 1.54) is 23.9 Å². The highest BCUT2D eigenvalue weighted by Gasteiger charge is 2.27. The highest BCUT2D eigenvalue weighted by atomic mass is 32.2. The third-order valence-electron chi connectivity index (χ3n) is 3.72. The lowest BCUT2D eigenvalue weighted by Crippen LogP contribution is -2.36. The van der Waals surface area contributed by atoms with Gasteiger partial charge in [-0.05, 0) is 61.7 Å². The van der Waals surface area contributed by atoms with Gasteiger partial charge >= 0.3 is 5.97 Å². The Kier molecular flexibility index (Phi) is 7.95. The molecule has 8 heteroatoms. The second-order valence-electron chi connectivity index (χ2n) is 5.59. The minimum atomic E-state index is -3.96. The Hall–Kier alpha value is -2.45. The number of thioether (sulfide) groups is 1. The van der Waals surface area contributed by atoms with E-state index in [1.54, 1.807) is 49.4 Å². The van der Waals surface area contributed by atoms with Crippen molar-refractivity contribution in [3.05, 3.63) is 61.2 Å². The van der Waals surface area contributed by atoms with E-state index in [9.17, 15) is 13.2 Å². The standard InChI is InChI=1S/C20H23NO5S2/c1-4-14-26-17-8-6-16(7-9-17)21(15-20(22)25-5-2)28(23,24)19-12-10-18(27-3)11-13-19/h4,6-13H,1,5,14-15H2,2-3H3. The molecule has 0 aliphatic heterocycles. The van der Waals surface area contributed by atoms with Gasteiger partial charge in [-0.1, -0.05) is 12.7 Å². The number of ether oxygens (including phenoxy) is 2. The van der Waals surface area contributed by atoms with Crippen LogP contribution in [-0.2, 0) is 19.6 Å². The van der Waals surface area contributed by atoms with Crippen molar-refractivity contribution in [1.82, 2.24) is 0 Å². The van der Waals surface area contributed by atoms with Crippen LogP contribution in [0.15, 0.2) is 71.0 Å². The molecule has 0 atom stereocenters. The summed E-state index contributed by atoms with van der Waals surface area (Å²) in [5, 5.41) is 0. The zero-order chi connectivity index (χ0) is 20.6. The molecule has 2 aromatic carbocycles. The number of carbonyl (C=O) groups is 1. The topological polar surface area (TPSA) is 72.9 Å². The maximum absolute atomic E-state index is 13.2. The molecule has 0 N–H and O–H groups in total. The monoisotopic (exact) mass is 421 g/mol. The average molecular weight is 422 g/mol. The van der Waals surface area contributed by atoms with Crippen LogP contribution in [0.4, 0.5) is 5.69 Å². The van der Waals surface area contributed by atoms with Crippen LogP contribution in [0, 0.1) is 0 Å². The van der Waals surface area contributed by atoms with Gasteiger partial charge in [0.25, 0.3) is 10.0 Å². The molecule has 2 rings (SSSR count). The van der Waals surface area contributed by atoms with E-state index in [1.807, 2.05) is 6.26 Å². The normalized spacial score (nSPS) is 10.9. The molecule has 0 heterocycles. The van der Waals surface area contributed by atoms with Crippen molar-refractivity contribution in [1.29, 1.82) is 0 Å². The van der Waals surface area contributed by atoms with Crippen LogP contribution in [0.1, 0.15) is 6.92 Å². The summed E-state index contributed by atoms with van der Waals surface area (Å²) in [6.07, 6.45) is 3.52. The summed E-state index contributed by atoms with van der Waals surface area (Å²) in [6, 6.07) is 13.0. The van der Waals surface area contributed by atoms with Crippen molar-refractivity contribution in [3.8, 4) is 5.75 Å². The maximum Gasteiger partial charge on any atom is 0.326 e. The van der Waals surface area contributed by atoms with Crippen molar-refractivity contribution in [2.45, 2.75) is 16.7 Å². The van der Waals surface area contributed by atoms with Crippen molar-refractivity contribution in [2.24, 2.45) is 0 Å². The van der Waals surface area contributed by atoms with E-state index < -0.39 is 22.5 Å². The Labute approximate surface area is 170 Å². The number of nitrogens with zero attached hydrogens (tertiary/aromatic N) is 1. The van der Waals surface area contributed by atoms with Crippen molar-refractivity contribution in [2.75, 3.05) is 30.3 Å². The number of rotatable bonds is 10. The fourth-order valence-corrected chi connectivity index (χ4v) is 4.20. The molecule has 150 valence electrons. The Morgan fingerprint density at radius 1 is 1.14 bits per heavy atom. The molecule has 6 nitrogen and oxygen atoms in total. The van der Waals surface area contributed by atoms with Gasteiger partial charge in [-0.2, -0.15) is 0 Å². The first-order chi connectivity index (χ1) is 13.4. The summed E-state index contributed by atoms with van der Waals surface area (Å²) in [6.45, 7) is 5.34. The van der Waals surface area contributed by atoms with Gasteiger partial charge in [0.1, 0.15) is 18.9 Å².